The van der Waals surface area contributed by atoms with E-state index >= 15 is 0 Å². The number of aromatic nitrogens is 8. The molecule has 4 aliphatic rings. The van der Waals surface area contributed by atoms with Crippen LogP contribution in [0.5, 0.6) is 0 Å². The summed E-state index contributed by atoms with van der Waals surface area (Å²) in [5, 5.41) is 26.4. The molecule has 256 valence electrons. The molecule has 0 aliphatic carbocycles. The average molecular weight is 673 g/mol. The van der Waals surface area contributed by atoms with E-state index in [1.807, 2.05) is 48.5 Å². The fourth-order valence-corrected chi connectivity index (χ4v) is 5.46. The molecule has 16 heteroatoms. The third kappa shape index (κ3) is 8.21. The van der Waals surface area contributed by atoms with Crippen LogP contribution in [0.3, 0.4) is 0 Å². The third-order valence-electron chi connectivity index (χ3n) is 7.86. The summed E-state index contributed by atoms with van der Waals surface area (Å²) in [5.74, 6) is 4.52. The van der Waals surface area contributed by atoms with Crippen molar-refractivity contribution in [1.29, 1.82) is 0 Å². The van der Waals surface area contributed by atoms with Crippen LogP contribution in [-0.2, 0) is 0 Å². The standard InChI is InChI=1S/C14H8N4.C8H16N4.C6H12N4.C6H4N4/c1-2-6-10-9(5-1)15-13-14(16-10)18-12-8-4-3-7-11(12)17-13;1-3-9-7(10-4-1)8-11-5-2-6-12-8;2*1-2-8-6-5(7-1)9-3-4-10-6/h1-8H;9-12H,1-6H2;7-10H,1-4H2;1-4H. The summed E-state index contributed by atoms with van der Waals surface area (Å²) in [4.78, 5) is 33.7. The Hall–Kier alpha value is -6.32. The lowest BCUT2D eigenvalue weighted by atomic mass is 10.3. The molecule has 0 saturated carbocycles. The summed E-state index contributed by atoms with van der Waals surface area (Å²) in [6.45, 7) is 8.34. The first-order valence-corrected chi connectivity index (χ1v) is 16.9. The Balaban J connectivity index is 0.000000108. The van der Waals surface area contributed by atoms with Crippen LogP contribution in [0.25, 0.3) is 44.7 Å². The van der Waals surface area contributed by atoms with Crippen LogP contribution in [0.2, 0.25) is 0 Å². The number of fused-ring (bicyclic) bond motifs is 4. The topological polar surface area (TPSA) is 199 Å². The van der Waals surface area contributed by atoms with Crippen LogP contribution in [0.15, 0.2) is 96.6 Å². The quantitative estimate of drug-likeness (QED) is 0.106. The molecule has 50 heavy (non-hydrogen) atoms. The smallest absolute Gasteiger partial charge is 0.199 e. The highest BCUT2D eigenvalue weighted by Crippen LogP contribution is 2.16. The van der Waals surface area contributed by atoms with Crippen LogP contribution < -0.4 is 42.5 Å². The van der Waals surface area contributed by atoms with Crippen molar-refractivity contribution in [2.24, 2.45) is 0 Å². The van der Waals surface area contributed by atoms with Gasteiger partial charge in [0.15, 0.2) is 22.6 Å². The second-order valence-electron chi connectivity index (χ2n) is 11.5. The van der Waals surface area contributed by atoms with E-state index in [4.69, 9.17) is 0 Å². The highest BCUT2D eigenvalue weighted by molar-refractivity contribution is 5.87. The van der Waals surface area contributed by atoms with E-state index in [-0.39, 0.29) is 0 Å². The Labute approximate surface area is 288 Å². The molecule has 0 radical (unpaired) electrons. The van der Waals surface area contributed by atoms with Gasteiger partial charge in [-0.05, 0) is 37.1 Å². The van der Waals surface area contributed by atoms with E-state index in [0.717, 1.165) is 97.7 Å². The van der Waals surface area contributed by atoms with Crippen molar-refractivity contribution in [1.82, 2.24) is 82.4 Å². The monoisotopic (exact) mass is 672 g/mol. The Morgan fingerprint density at radius 2 is 0.580 bits per heavy atom. The summed E-state index contributed by atoms with van der Waals surface area (Å²) >= 11 is 0. The van der Waals surface area contributed by atoms with Crippen molar-refractivity contribution in [3.05, 3.63) is 96.6 Å². The highest BCUT2D eigenvalue weighted by atomic mass is 15.3. The zero-order valence-electron chi connectivity index (χ0n) is 27.6. The molecule has 2 aromatic carbocycles. The number of nitrogens with zero attached hydrogens (tertiary/aromatic N) is 8. The number of rotatable bonds is 0. The van der Waals surface area contributed by atoms with Crippen LogP contribution >= 0.6 is 0 Å². The first-order valence-electron chi connectivity index (χ1n) is 16.9. The van der Waals surface area contributed by atoms with Crippen LogP contribution in [0.1, 0.15) is 12.8 Å². The molecular weight excluding hydrogens is 632 g/mol. The molecule has 10 rings (SSSR count). The fourth-order valence-electron chi connectivity index (χ4n) is 5.46. The molecule has 8 heterocycles. The average Bonchev–Trinajstić information content (AvgIpc) is 3.21. The molecule has 16 nitrogen and oxygen atoms in total. The maximum Gasteiger partial charge on any atom is 0.199 e. The summed E-state index contributed by atoms with van der Waals surface area (Å²) in [6.07, 6.45) is 8.79. The largest absolute Gasteiger partial charge is 0.369 e. The highest BCUT2D eigenvalue weighted by Gasteiger charge is 2.14. The molecule has 0 amide bonds. The van der Waals surface area contributed by atoms with Gasteiger partial charge >= 0.3 is 0 Å². The van der Waals surface area contributed by atoms with E-state index in [9.17, 15) is 0 Å². The van der Waals surface area contributed by atoms with Gasteiger partial charge in [-0.15, -0.1) is 0 Å². The van der Waals surface area contributed by atoms with Crippen molar-refractivity contribution < 1.29 is 0 Å². The number of hydrogen-bond acceptors (Lipinski definition) is 16. The van der Waals surface area contributed by atoms with Gasteiger partial charge in [-0.25, -0.2) is 39.9 Å². The summed E-state index contributed by atoms with van der Waals surface area (Å²) in [6, 6.07) is 15.5. The van der Waals surface area contributed by atoms with Gasteiger partial charge in [-0.3, -0.25) is 0 Å². The minimum atomic E-state index is 0.588. The maximum absolute atomic E-state index is 4.49. The lowest BCUT2D eigenvalue weighted by Crippen LogP contribution is -2.50. The molecule has 0 spiro atoms. The van der Waals surface area contributed by atoms with Crippen molar-refractivity contribution in [3.8, 4) is 0 Å². The second-order valence-corrected chi connectivity index (χ2v) is 11.5. The molecule has 0 unspecified atom stereocenters. The fraction of sp³-hybridized carbons (Fsp3) is 0.294. The van der Waals surface area contributed by atoms with Crippen molar-refractivity contribution in [2.45, 2.75) is 12.8 Å². The first kappa shape index (κ1) is 32.2. The molecule has 0 atom stereocenters. The zero-order valence-corrected chi connectivity index (χ0v) is 27.6. The molecule has 2 fully saturated rings. The molecule has 6 aromatic rings. The molecule has 4 aromatic heterocycles. The van der Waals surface area contributed by atoms with Gasteiger partial charge in [0.05, 0.1) is 22.1 Å². The maximum atomic E-state index is 4.49. The summed E-state index contributed by atoms with van der Waals surface area (Å²) < 4.78 is 0. The van der Waals surface area contributed by atoms with Crippen molar-refractivity contribution in [3.63, 3.8) is 0 Å². The normalized spacial score (nSPS) is 16.3. The van der Waals surface area contributed by atoms with Gasteiger partial charge in [-0.2, -0.15) is 0 Å². The summed E-state index contributed by atoms with van der Waals surface area (Å²) in [7, 11) is 0. The van der Waals surface area contributed by atoms with Gasteiger partial charge in [-0.1, -0.05) is 24.3 Å². The zero-order chi connectivity index (χ0) is 33.8. The van der Waals surface area contributed by atoms with Crippen LogP contribution in [0.4, 0.5) is 0 Å². The SMILES string of the molecule is C1CNC(=C2NCCCN2)NC1.C1CNC2=C(N1)NCCN2.c1ccc2nc3nc4ccccc4nc3nc2c1.c1cnc2nccnc2n1. The molecule has 8 N–H and O–H groups in total. The number of benzene rings is 2. The van der Waals surface area contributed by atoms with E-state index < -0.39 is 0 Å². The number of nitrogens with one attached hydrogen (secondary N) is 8. The minimum absolute atomic E-state index is 0.588. The lowest BCUT2D eigenvalue weighted by Gasteiger charge is -2.29. The van der Waals surface area contributed by atoms with Crippen LogP contribution in [-0.4, -0.2) is 92.2 Å². The molecule has 0 bridgehead atoms. The Morgan fingerprint density at radius 3 is 0.860 bits per heavy atom. The van der Waals surface area contributed by atoms with E-state index in [1.165, 1.54) is 12.8 Å². The minimum Gasteiger partial charge on any atom is -0.369 e. The Kier molecular flexibility index (Phi) is 10.4. The Bertz CT molecular complexity index is 1840. The van der Waals surface area contributed by atoms with E-state index in [2.05, 4.69) is 82.4 Å². The number of hydrogen-bond donors (Lipinski definition) is 8. The van der Waals surface area contributed by atoms with Gasteiger partial charge in [0.25, 0.3) is 0 Å². The van der Waals surface area contributed by atoms with Gasteiger partial charge in [0, 0.05) is 77.1 Å². The van der Waals surface area contributed by atoms with Crippen molar-refractivity contribution in [2.75, 3.05) is 52.4 Å². The van der Waals surface area contributed by atoms with Crippen LogP contribution in [0, 0.1) is 0 Å². The predicted octanol–water partition coefficient (Wildman–Crippen LogP) is 0.923. The molecular formula is C34H40N16. The second kappa shape index (κ2) is 16.2. The lowest BCUT2D eigenvalue weighted by molar-refractivity contribution is 0.505. The van der Waals surface area contributed by atoms with E-state index in [0.29, 0.717) is 22.6 Å². The first-order chi connectivity index (χ1) is 24.8. The number of para-hydroxylation sites is 4. The molecule has 2 saturated heterocycles. The van der Waals surface area contributed by atoms with Gasteiger partial charge in [0.1, 0.15) is 23.3 Å². The van der Waals surface area contributed by atoms with E-state index in [1.54, 1.807) is 24.8 Å². The third-order valence-corrected chi connectivity index (χ3v) is 7.86. The Morgan fingerprint density at radius 1 is 0.320 bits per heavy atom. The molecule has 4 aliphatic heterocycles. The summed E-state index contributed by atoms with van der Waals surface area (Å²) in [5.41, 5.74) is 5.73. The van der Waals surface area contributed by atoms with Crippen molar-refractivity contribution >= 4 is 44.7 Å². The van der Waals surface area contributed by atoms with Gasteiger partial charge in [0.2, 0.25) is 0 Å². The van der Waals surface area contributed by atoms with Gasteiger partial charge < -0.3 is 42.5 Å². The predicted molar refractivity (Wildman–Crippen MR) is 193 cm³/mol.